The summed E-state index contributed by atoms with van der Waals surface area (Å²) in [4.78, 5) is 6.14. The zero-order valence-corrected chi connectivity index (χ0v) is 12.2. The van der Waals surface area contributed by atoms with Crippen molar-refractivity contribution in [1.82, 2.24) is 9.88 Å². The maximum Gasteiger partial charge on any atom is 0.208 e. The van der Waals surface area contributed by atoms with E-state index in [2.05, 4.69) is 4.98 Å². The predicted octanol–water partition coefficient (Wildman–Crippen LogP) is -0.980. The Balaban J connectivity index is 1.74. The molecule has 2 fully saturated rings. The van der Waals surface area contributed by atoms with Gasteiger partial charge in [-0.25, -0.2) is 0 Å². The number of β-amino-alcohol motifs (C(OH)–C–C–N with tert-alkyl or cyclic N) is 1. The molecule has 4 N–H and O–H groups in total. The molecule has 3 rings (SSSR count). The van der Waals surface area contributed by atoms with Crippen LogP contribution in [0.2, 0.25) is 0 Å². The summed E-state index contributed by atoms with van der Waals surface area (Å²) < 4.78 is 5.32. The lowest BCUT2D eigenvalue weighted by Gasteiger charge is -2.34. The minimum atomic E-state index is -1.88. The van der Waals surface area contributed by atoms with Gasteiger partial charge in [-0.1, -0.05) is 6.07 Å². The summed E-state index contributed by atoms with van der Waals surface area (Å²) in [6, 6.07) is 3.95. The Morgan fingerprint density at radius 2 is 2.23 bits per heavy atom. The normalized spacial score (nSPS) is 39.5. The van der Waals surface area contributed by atoms with Gasteiger partial charge in [0.15, 0.2) is 0 Å². The van der Waals surface area contributed by atoms with Gasteiger partial charge in [-0.15, -0.1) is 0 Å². The number of pyridine rings is 1. The van der Waals surface area contributed by atoms with E-state index in [9.17, 15) is 15.3 Å². The van der Waals surface area contributed by atoms with E-state index in [1.807, 2.05) is 17.0 Å². The second-order valence-corrected chi connectivity index (χ2v) is 6.03. The third-order valence-electron chi connectivity index (χ3n) is 4.56. The fraction of sp³-hybridized carbons (Fsp3) is 0.667. The van der Waals surface area contributed by atoms with Crippen LogP contribution in [0.15, 0.2) is 24.5 Å². The summed E-state index contributed by atoms with van der Waals surface area (Å²) in [7, 11) is 0. The van der Waals surface area contributed by atoms with Crippen LogP contribution in [0.1, 0.15) is 24.4 Å². The van der Waals surface area contributed by atoms with Gasteiger partial charge in [0, 0.05) is 18.4 Å². The van der Waals surface area contributed by atoms with Gasteiger partial charge >= 0.3 is 0 Å². The monoisotopic (exact) mass is 310 g/mol. The quantitative estimate of drug-likeness (QED) is 0.566. The second-order valence-electron chi connectivity index (χ2n) is 6.03. The molecule has 5 atom stereocenters. The first-order valence-corrected chi connectivity index (χ1v) is 7.56. The fourth-order valence-electron chi connectivity index (χ4n) is 3.40. The Kier molecular flexibility index (Phi) is 4.44. The third kappa shape index (κ3) is 2.76. The number of hydrogen-bond donors (Lipinski definition) is 4. The van der Waals surface area contributed by atoms with Crippen LogP contribution in [0.25, 0.3) is 0 Å². The van der Waals surface area contributed by atoms with Crippen LogP contribution in [0.5, 0.6) is 0 Å². The van der Waals surface area contributed by atoms with Crippen molar-refractivity contribution >= 4 is 0 Å². The zero-order valence-electron chi connectivity index (χ0n) is 12.2. The van der Waals surface area contributed by atoms with Crippen molar-refractivity contribution < 1.29 is 25.2 Å². The molecule has 1 aromatic rings. The lowest BCUT2D eigenvalue weighted by atomic mass is 10.0. The van der Waals surface area contributed by atoms with E-state index in [-0.39, 0.29) is 12.6 Å². The number of aliphatic hydroxyl groups excluding tert-OH is 3. The Morgan fingerprint density at radius 1 is 1.41 bits per heavy atom. The Labute approximate surface area is 128 Å². The number of aliphatic hydroxyl groups is 4. The molecule has 0 amide bonds. The van der Waals surface area contributed by atoms with Crippen LogP contribution in [0, 0.1) is 0 Å². The molecule has 1 aromatic heterocycles. The average molecular weight is 310 g/mol. The predicted molar refractivity (Wildman–Crippen MR) is 76.7 cm³/mol. The van der Waals surface area contributed by atoms with Crippen LogP contribution in [0.3, 0.4) is 0 Å². The lowest BCUT2D eigenvalue weighted by Crippen LogP contribution is -2.51. The summed E-state index contributed by atoms with van der Waals surface area (Å²) >= 11 is 0. The maximum atomic E-state index is 10.6. The molecule has 122 valence electrons. The molecule has 0 saturated carbocycles. The summed E-state index contributed by atoms with van der Waals surface area (Å²) in [6.07, 6.45) is 1.70. The van der Waals surface area contributed by atoms with Gasteiger partial charge < -0.3 is 25.2 Å². The van der Waals surface area contributed by atoms with Crippen molar-refractivity contribution in [3.8, 4) is 0 Å². The molecular formula is C15H22N2O5. The Bertz CT molecular complexity index is 502. The van der Waals surface area contributed by atoms with E-state index in [4.69, 9.17) is 9.84 Å². The Morgan fingerprint density at radius 3 is 2.86 bits per heavy atom. The van der Waals surface area contributed by atoms with E-state index >= 15 is 0 Å². The summed E-state index contributed by atoms with van der Waals surface area (Å²) in [5.41, 5.74) is 1.05. The van der Waals surface area contributed by atoms with E-state index in [1.165, 1.54) is 0 Å². The highest BCUT2D eigenvalue weighted by atomic mass is 16.7. The minimum absolute atomic E-state index is 0.0707. The first-order valence-electron chi connectivity index (χ1n) is 7.56. The van der Waals surface area contributed by atoms with Gasteiger partial charge in [-0.05, 0) is 31.0 Å². The largest absolute Gasteiger partial charge is 0.394 e. The van der Waals surface area contributed by atoms with Crippen molar-refractivity contribution in [2.45, 2.75) is 43.0 Å². The van der Waals surface area contributed by atoms with Gasteiger partial charge in [0.25, 0.3) is 0 Å². The van der Waals surface area contributed by atoms with E-state index in [0.29, 0.717) is 0 Å². The van der Waals surface area contributed by atoms with Crippen molar-refractivity contribution in [1.29, 1.82) is 0 Å². The number of likely N-dealkylation sites (tertiary alicyclic amines) is 1. The lowest BCUT2D eigenvalue weighted by molar-refractivity contribution is -0.239. The molecule has 2 aliphatic rings. The van der Waals surface area contributed by atoms with Crippen molar-refractivity contribution in [2.75, 3.05) is 19.7 Å². The van der Waals surface area contributed by atoms with Crippen LogP contribution >= 0.6 is 0 Å². The SMILES string of the molecule is OC[C@H]1O[C@](O)(CN2CCC[C@H]2c2cccnc2)[C@@H](O)[C@@H]1O. The maximum absolute atomic E-state index is 10.6. The molecule has 0 aliphatic carbocycles. The summed E-state index contributed by atoms with van der Waals surface area (Å²) in [5, 5.41) is 39.6. The van der Waals surface area contributed by atoms with Crippen LogP contribution in [-0.2, 0) is 4.74 Å². The zero-order chi connectivity index (χ0) is 15.7. The molecular weight excluding hydrogens is 288 g/mol. The summed E-state index contributed by atoms with van der Waals surface area (Å²) in [5.74, 6) is -1.88. The minimum Gasteiger partial charge on any atom is -0.394 e. The molecule has 0 aromatic carbocycles. The standard InChI is InChI=1S/C15H22N2O5/c18-8-12-13(19)14(20)15(21,22-12)9-17-6-2-4-11(17)10-3-1-5-16-7-10/h1,3,5,7,11-14,18-21H,2,4,6,8-9H2/t11-,12+,13+,14-,15+/m0/s1. The molecule has 0 radical (unpaired) electrons. The first kappa shape index (κ1) is 15.8. The second kappa shape index (κ2) is 6.19. The number of nitrogens with zero attached hydrogens (tertiary/aromatic N) is 2. The number of ether oxygens (including phenoxy) is 1. The molecule has 2 saturated heterocycles. The van der Waals surface area contributed by atoms with Gasteiger partial charge in [0.05, 0.1) is 13.2 Å². The van der Waals surface area contributed by atoms with E-state index in [1.54, 1.807) is 12.4 Å². The third-order valence-corrected chi connectivity index (χ3v) is 4.56. The highest BCUT2D eigenvalue weighted by Gasteiger charge is 2.54. The number of hydrogen-bond acceptors (Lipinski definition) is 7. The Hall–Kier alpha value is -1.09. The van der Waals surface area contributed by atoms with Crippen LogP contribution in [0.4, 0.5) is 0 Å². The first-order chi connectivity index (χ1) is 10.5. The topological polar surface area (TPSA) is 106 Å². The van der Waals surface area contributed by atoms with Gasteiger partial charge in [0.1, 0.15) is 18.3 Å². The molecule has 0 unspecified atom stereocenters. The molecule has 0 bridgehead atoms. The van der Waals surface area contributed by atoms with Crippen LogP contribution in [-0.4, -0.2) is 74.1 Å². The summed E-state index contributed by atoms with van der Waals surface area (Å²) in [6.45, 7) is 0.381. The highest BCUT2D eigenvalue weighted by molar-refractivity contribution is 5.16. The number of aromatic nitrogens is 1. The average Bonchev–Trinajstić information content (AvgIpc) is 3.07. The number of rotatable bonds is 4. The molecule has 7 heteroatoms. The van der Waals surface area contributed by atoms with Gasteiger partial charge in [0.2, 0.25) is 5.79 Å². The van der Waals surface area contributed by atoms with Crippen molar-refractivity contribution in [2.24, 2.45) is 0 Å². The fourth-order valence-corrected chi connectivity index (χ4v) is 3.40. The van der Waals surface area contributed by atoms with Gasteiger partial charge in [-0.3, -0.25) is 9.88 Å². The molecule has 0 spiro atoms. The molecule has 2 aliphatic heterocycles. The van der Waals surface area contributed by atoms with E-state index in [0.717, 1.165) is 24.9 Å². The van der Waals surface area contributed by atoms with Crippen molar-refractivity contribution in [3.05, 3.63) is 30.1 Å². The van der Waals surface area contributed by atoms with Crippen molar-refractivity contribution in [3.63, 3.8) is 0 Å². The highest BCUT2D eigenvalue weighted by Crippen LogP contribution is 2.36. The van der Waals surface area contributed by atoms with Gasteiger partial charge in [-0.2, -0.15) is 0 Å². The molecule has 7 nitrogen and oxygen atoms in total. The molecule has 3 heterocycles. The molecule has 22 heavy (non-hydrogen) atoms. The van der Waals surface area contributed by atoms with E-state index < -0.39 is 30.7 Å². The smallest absolute Gasteiger partial charge is 0.208 e. The van der Waals surface area contributed by atoms with Crippen LogP contribution < -0.4 is 0 Å².